The molecule has 0 saturated carbocycles. The topological polar surface area (TPSA) is 61.1 Å². The largest absolute Gasteiger partial charge is 0.405 e. The van der Waals surface area contributed by atoms with Crippen molar-refractivity contribution in [2.24, 2.45) is 0 Å². The Morgan fingerprint density at radius 1 is 1.00 bits per heavy atom. The van der Waals surface area contributed by atoms with Crippen LogP contribution in [0.1, 0.15) is 0 Å². The summed E-state index contributed by atoms with van der Waals surface area (Å²) >= 11 is 0. The normalized spacial score (nSPS) is 10.4. The fourth-order valence-electron chi connectivity index (χ4n) is 1.99. The first-order valence-corrected chi connectivity index (χ1v) is 6.09. The first-order chi connectivity index (χ1) is 9.72. The highest BCUT2D eigenvalue weighted by atomic mass is 16.6. The number of benzene rings is 2. The summed E-state index contributed by atoms with van der Waals surface area (Å²) in [5.41, 5.74) is 4.92. The zero-order valence-corrected chi connectivity index (χ0v) is 10.5. The van der Waals surface area contributed by atoms with Crippen LogP contribution in [0.4, 0.5) is 11.4 Å². The number of fused-ring (bicyclic) bond motifs is 1. The minimum Gasteiger partial charge on any atom is -0.405 e. The van der Waals surface area contributed by atoms with E-state index in [1.54, 1.807) is 16.8 Å². The Hall–Kier alpha value is -2.95. The summed E-state index contributed by atoms with van der Waals surface area (Å²) in [6.07, 6.45) is 3.70. The Labute approximate surface area is 115 Å². The van der Waals surface area contributed by atoms with Crippen molar-refractivity contribution in [3.05, 3.63) is 82.5 Å². The molecule has 0 amide bonds. The second kappa shape index (κ2) is 4.97. The van der Waals surface area contributed by atoms with E-state index in [0.29, 0.717) is 5.69 Å². The lowest BCUT2D eigenvalue weighted by Gasteiger charge is -2.13. The molecule has 98 valence electrons. The SMILES string of the molecule is O=[N+]([O-])c1cccc([N-][n+]2ccc3ccccc3c2)c1. The third-order valence-electron chi connectivity index (χ3n) is 2.95. The van der Waals surface area contributed by atoms with Gasteiger partial charge in [-0.05, 0) is 11.5 Å². The van der Waals surface area contributed by atoms with Crippen molar-refractivity contribution < 1.29 is 9.60 Å². The van der Waals surface area contributed by atoms with Gasteiger partial charge in [0.1, 0.15) is 0 Å². The van der Waals surface area contributed by atoms with Crippen molar-refractivity contribution in [2.45, 2.75) is 0 Å². The smallest absolute Gasteiger partial charge is 0.268 e. The maximum atomic E-state index is 10.7. The first-order valence-electron chi connectivity index (χ1n) is 6.09. The molecule has 1 heterocycles. The fourth-order valence-corrected chi connectivity index (χ4v) is 1.99. The van der Waals surface area contributed by atoms with Crippen molar-refractivity contribution in [2.75, 3.05) is 0 Å². The maximum absolute atomic E-state index is 10.7. The molecule has 3 rings (SSSR count). The van der Waals surface area contributed by atoms with Crippen LogP contribution < -0.4 is 4.68 Å². The van der Waals surface area contributed by atoms with E-state index in [9.17, 15) is 10.1 Å². The molecule has 0 aliphatic rings. The molecule has 1 aromatic heterocycles. The number of aromatic nitrogens is 1. The summed E-state index contributed by atoms with van der Waals surface area (Å²) in [6, 6.07) is 16.2. The molecule has 0 bridgehead atoms. The molecule has 2 aromatic carbocycles. The number of nitro benzene ring substituents is 1. The van der Waals surface area contributed by atoms with Gasteiger partial charge in [0.25, 0.3) is 5.69 Å². The Morgan fingerprint density at radius 2 is 1.80 bits per heavy atom. The van der Waals surface area contributed by atoms with Crippen molar-refractivity contribution in [1.29, 1.82) is 0 Å². The van der Waals surface area contributed by atoms with Crippen molar-refractivity contribution >= 4 is 22.1 Å². The standard InChI is InChI=1S/C15H11N3O2/c19-18(20)15-7-3-6-14(10-15)16-17-9-8-12-4-1-2-5-13(12)11-17/h1-11H. The second-order valence-corrected chi connectivity index (χ2v) is 4.33. The van der Waals surface area contributed by atoms with Crippen molar-refractivity contribution in [3.63, 3.8) is 0 Å². The van der Waals surface area contributed by atoms with E-state index >= 15 is 0 Å². The number of rotatable bonds is 3. The molecular formula is C15H11N3O2. The van der Waals surface area contributed by atoms with Crippen LogP contribution in [0.3, 0.4) is 0 Å². The van der Waals surface area contributed by atoms with Gasteiger partial charge in [0.15, 0.2) is 12.4 Å². The molecule has 5 nitrogen and oxygen atoms in total. The highest BCUT2D eigenvalue weighted by Crippen LogP contribution is 2.22. The molecule has 0 fully saturated rings. The van der Waals surface area contributed by atoms with Gasteiger partial charge >= 0.3 is 0 Å². The lowest BCUT2D eigenvalue weighted by molar-refractivity contribution is -0.617. The van der Waals surface area contributed by atoms with Crippen LogP contribution >= 0.6 is 0 Å². The summed E-state index contributed by atoms with van der Waals surface area (Å²) in [5, 5.41) is 12.9. The summed E-state index contributed by atoms with van der Waals surface area (Å²) in [6.45, 7) is 0. The number of pyridine rings is 1. The quantitative estimate of drug-likeness (QED) is 0.413. The zero-order valence-electron chi connectivity index (χ0n) is 10.5. The third-order valence-corrected chi connectivity index (χ3v) is 2.95. The maximum Gasteiger partial charge on any atom is 0.268 e. The molecule has 0 aliphatic carbocycles. The molecule has 5 heteroatoms. The summed E-state index contributed by atoms with van der Waals surface area (Å²) < 4.78 is 1.65. The molecule has 20 heavy (non-hydrogen) atoms. The zero-order chi connectivity index (χ0) is 13.9. The Morgan fingerprint density at radius 3 is 2.60 bits per heavy atom. The van der Waals surface area contributed by atoms with E-state index < -0.39 is 4.92 Å². The minimum absolute atomic E-state index is 0.0349. The van der Waals surface area contributed by atoms with Gasteiger partial charge in [-0.3, -0.25) is 10.1 Å². The number of hydrogen-bond donors (Lipinski definition) is 0. The molecule has 0 N–H and O–H groups in total. The summed E-state index contributed by atoms with van der Waals surface area (Å²) in [4.78, 5) is 10.3. The van der Waals surface area contributed by atoms with E-state index in [0.717, 1.165) is 10.8 Å². The fraction of sp³-hybridized carbons (Fsp3) is 0. The average molecular weight is 265 g/mol. The van der Waals surface area contributed by atoms with Crippen molar-refractivity contribution in [1.82, 2.24) is 0 Å². The first kappa shape index (κ1) is 12.1. The molecule has 0 unspecified atom stereocenters. The van der Waals surface area contributed by atoms with Gasteiger partial charge in [-0.2, -0.15) is 0 Å². The number of nitro groups is 1. The highest BCUT2D eigenvalue weighted by molar-refractivity contribution is 5.80. The summed E-state index contributed by atoms with van der Waals surface area (Å²) in [7, 11) is 0. The summed E-state index contributed by atoms with van der Waals surface area (Å²) in [5.74, 6) is 0. The molecular weight excluding hydrogens is 254 g/mol. The van der Waals surface area contributed by atoms with E-state index in [-0.39, 0.29) is 5.69 Å². The Bertz CT molecular complexity index is 787. The van der Waals surface area contributed by atoms with Crippen LogP contribution in [0.5, 0.6) is 0 Å². The van der Waals surface area contributed by atoms with Gasteiger partial charge in [0.05, 0.1) is 4.92 Å². The lowest BCUT2D eigenvalue weighted by atomic mass is 10.2. The predicted octanol–water partition coefficient (Wildman–Crippen LogP) is 3.50. The Balaban J connectivity index is 1.92. The van der Waals surface area contributed by atoms with Crippen LogP contribution in [0.15, 0.2) is 67.0 Å². The predicted molar refractivity (Wildman–Crippen MR) is 75.7 cm³/mol. The number of hydrogen-bond acceptors (Lipinski definition) is 2. The van der Waals surface area contributed by atoms with Crippen LogP contribution in [0, 0.1) is 10.1 Å². The van der Waals surface area contributed by atoms with Crippen LogP contribution in [0.25, 0.3) is 16.2 Å². The Kier molecular flexibility index (Phi) is 3.01. The van der Waals surface area contributed by atoms with Crippen molar-refractivity contribution in [3.8, 4) is 0 Å². The monoisotopic (exact) mass is 265 g/mol. The van der Waals surface area contributed by atoms with Gasteiger partial charge in [0, 0.05) is 23.6 Å². The van der Waals surface area contributed by atoms with E-state index in [1.165, 1.54) is 12.1 Å². The van der Waals surface area contributed by atoms with Crippen LogP contribution in [-0.2, 0) is 0 Å². The van der Waals surface area contributed by atoms with E-state index in [2.05, 4.69) is 5.43 Å². The molecule has 0 atom stereocenters. The molecule has 3 aromatic rings. The molecule has 0 spiro atoms. The van der Waals surface area contributed by atoms with Crippen LogP contribution in [-0.4, -0.2) is 4.92 Å². The highest BCUT2D eigenvalue weighted by Gasteiger charge is 2.03. The third kappa shape index (κ3) is 2.42. The van der Waals surface area contributed by atoms with E-state index in [1.807, 2.05) is 42.7 Å². The van der Waals surface area contributed by atoms with Crippen LogP contribution in [0.2, 0.25) is 0 Å². The van der Waals surface area contributed by atoms with Gasteiger partial charge in [-0.25, -0.2) is 4.68 Å². The average Bonchev–Trinajstić information content (AvgIpc) is 2.47. The van der Waals surface area contributed by atoms with Gasteiger partial charge in [0.2, 0.25) is 0 Å². The van der Waals surface area contributed by atoms with E-state index in [4.69, 9.17) is 0 Å². The molecule has 0 aliphatic heterocycles. The number of non-ortho nitro benzene ring substituents is 1. The number of nitrogens with zero attached hydrogens (tertiary/aromatic N) is 3. The van der Waals surface area contributed by atoms with Gasteiger partial charge in [-0.15, -0.1) is 0 Å². The second-order valence-electron chi connectivity index (χ2n) is 4.33. The van der Waals surface area contributed by atoms with Gasteiger partial charge < -0.3 is 5.43 Å². The molecule has 0 saturated heterocycles. The lowest BCUT2D eigenvalue weighted by Crippen LogP contribution is -2.26. The minimum atomic E-state index is -0.427. The van der Waals surface area contributed by atoms with Gasteiger partial charge in [-0.1, -0.05) is 36.0 Å². The molecule has 0 radical (unpaired) electrons.